The normalized spacial score (nSPS) is 19.7. The van der Waals surface area contributed by atoms with Crippen molar-refractivity contribution < 1.29 is 19.4 Å². The number of hydrogen-bond donors (Lipinski definition) is 1. The van der Waals surface area contributed by atoms with Crippen LogP contribution in [-0.2, 0) is 14.3 Å². The molecule has 1 unspecified atom stereocenters. The molecule has 5 nitrogen and oxygen atoms in total. The number of rotatable bonds is 6. The number of amides is 1. The quantitative estimate of drug-likeness (QED) is 0.734. The highest BCUT2D eigenvalue weighted by molar-refractivity contribution is 5.77. The fourth-order valence-electron chi connectivity index (χ4n) is 1.82. The summed E-state index contributed by atoms with van der Waals surface area (Å²) in [6.07, 6.45) is 2.37. The van der Waals surface area contributed by atoms with E-state index >= 15 is 0 Å². The molecule has 0 bridgehead atoms. The van der Waals surface area contributed by atoms with Crippen molar-refractivity contribution in [3.05, 3.63) is 0 Å². The second kappa shape index (κ2) is 6.48. The first-order chi connectivity index (χ1) is 7.63. The number of carboxylic acid groups (broad SMARTS) is 1. The molecule has 0 saturated carbocycles. The van der Waals surface area contributed by atoms with Crippen molar-refractivity contribution in [3.63, 3.8) is 0 Å². The number of aliphatic carboxylic acids is 1. The summed E-state index contributed by atoms with van der Waals surface area (Å²) in [6.45, 7) is 3.44. The van der Waals surface area contributed by atoms with Crippen molar-refractivity contribution in [3.8, 4) is 0 Å². The number of carboxylic acids is 1. The third-order valence-electron chi connectivity index (χ3n) is 2.76. The van der Waals surface area contributed by atoms with Crippen LogP contribution in [-0.4, -0.2) is 47.7 Å². The highest BCUT2D eigenvalue weighted by atomic mass is 16.5. The molecule has 0 spiro atoms. The Balaban J connectivity index is 2.32. The van der Waals surface area contributed by atoms with Gasteiger partial charge >= 0.3 is 5.97 Å². The standard InChI is InChI=1S/C11H19NO4/c1-2-12(6-5-11(14)15)10(13)8-9-4-3-7-16-9/h9H,2-8H2,1H3,(H,14,15). The van der Waals surface area contributed by atoms with Crippen molar-refractivity contribution in [2.75, 3.05) is 19.7 Å². The van der Waals surface area contributed by atoms with Crippen LogP contribution in [0.5, 0.6) is 0 Å². The molecule has 1 N–H and O–H groups in total. The minimum absolute atomic E-state index is 0.00403. The molecule has 1 fully saturated rings. The Morgan fingerprint density at radius 2 is 2.25 bits per heavy atom. The van der Waals surface area contributed by atoms with E-state index in [4.69, 9.17) is 9.84 Å². The van der Waals surface area contributed by atoms with E-state index < -0.39 is 5.97 Å². The summed E-state index contributed by atoms with van der Waals surface area (Å²) >= 11 is 0. The van der Waals surface area contributed by atoms with E-state index in [2.05, 4.69) is 0 Å². The molecule has 0 aromatic rings. The van der Waals surface area contributed by atoms with E-state index in [1.165, 1.54) is 0 Å². The summed E-state index contributed by atoms with van der Waals surface area (Å²) < 4.78 is 5.38. The molecular formula is C11H19NO4. The van der Waals surface area contributed by atoms with Crippen LogP contribution in [0.15, 0.2) is 0 Å². The highest BCUT2D eigenvalue weighted by Crippen LogP contribution is 2.16. The van der Waals surface area contributed by atoms with Gasteiger partial charge in [-0.2, -0.15) is 0 Å². The fraction of sp³-hybridized carbons (Fsp3) is 0.818. The lowest BCUT2D eigenvalue weighted by Gasteiger charge is -2.21. The summed E-state index contributed by atoms with van der Waals surface area (Å²) in [5.74, 6) is -0.876. The maximum absolute atomic E-state index is 11.8. The van der Waals surface area contributed by atoms with Gasteiger partial charge in [0.05, 0.1) is 18.9 Å². The molecule has 1 aliphatic heterocycles. The van der Waals surface area contributed by atoms with Gasteiger partial charge in [-0.15, -0.1) is 0 Å². The molecule has 1 rings (SSSR count). The van der Waals surface area contributed by atoms with Gasteiger partial charge in [0.15, 0.2) is 0 Å². The monoisotopic (exact) mass is 229 g/mol. The topological polar surface area (TPSA) is 66.8 Å². The SMILES string of the molecule is CCN(CCC(=O)O)C(=O)CC1CCCO1. The van der Waals surface area contributed by atoms with E-state index in [-0.39, 0.29) is 25.0 Å². The van der Waals surface area contributed by atoms with E-state index in [0.717, 1.165) is 19.4 Å². The van der Waals surface area contributed by atoms with Crippen molar-refractivity contribution in [2.45, 2.75) is 38.7 Å². The average Bonchev–Trinajstić information content (AvgIpc) is 2.71. The smallest absolute Gasteiger partial charge is 0.305 e. The summed E-state index contributed by atoms with van der Waals surface area (Å²) in [5.41, 5.74) is 0. The molecule has 1 saturated heterocycles. The zero-order chi connectivity index (χ0) is 12.0. The number of ether oxygens (including phenoxy) is 1. The molecule has 1 aliphatic rings. The Bertz CT molecular complexity index is 248. The Morgan fingerprint density at radius 3 is 2.75 bits per heavy atom. The third kappa shape index (κ3) is 4.18. The zero-order valence-corrected chi connectivity index (χ0v) is 9.65. The van der Waals surface area contributed by atoms with Crippen molar-refractivity contribution in [1.82, 2.24) is 4.90 Å². The molecule has 5 heteroatoms. The van der Waals surface area contributed by atoms with Crippen LogP contribution >= 0.6 is 0 Å². The number of nitrogens with zero attached hydrogens (tertiary/aromatic N) is 1. The first kappa shape index (κ1) is 13.0. The van der Waals surface area contributed by atoms with Crippen LogP contribution in [0.2, 0.25) is 0 Å². The van der Waals surface area contributed by atoms with Gasteiger partial charge in [-0.25, -0.2) is 0 Å². The molecule has 0 aromatic carbocycles. The first-order valence-electron chi connectivity index (χ1n) is 5.74. The van der Waals surface area contributed by atoms with Gasteiger partial charge in [0.1, 0.15) is 0 Å². The molecule has 1 atom stereocenters. The fourth-order valence-corrected chi connectivity index (χ4v) is 1.82. The predicted octanol–water partition coefficient (Wildman–Crippen LogP) is 0.879. The zero-order valence-electron chi connectivity index (χ0n) is 9.65. The lowest BCUT2D eigenvalue weighted by Crippen LogP contribution is -2.34. The molecule has 16 heavy (non-hydrogen) atoms. The lowest BCUT2D eigenvalue weighted by atomic mass is 10.1. The maximum Gasteiger partial charge on any atom is 0.305 e. The molecule has 92 valence electrons. The van der Waals surface area contributed by atoms with Gasteiger partial charge in [0, 0.05) is 19.7 Å². The Kier molecular flexibility index (Phi) is 5.25. The van der Waals surface area contributed by atoms with Gasteiger partial charge in [-0.1, -0.05) is 0 Å². The van der Waals surface area contributed by atoms with Gasteiger partial charge in [-0.3, -0.25) is 9.59 Å². The third-order valence-corrected chi connectivity index (χ3v) is 2.76. The summed E-state index contributed by atoms with van der Waals surface area (Å²) in [6, 6.07) is 0. The van der Waals surface area contributed by atoms with E-state index in [1.54, 1.807) is 4.90 Å². The van der Waals surface area contributed by atoms with Crippen molar-refractivity contribution in [2.24, 2.45) is 0 Å². The maximum atomic E-state index is 11.8. The van der Waals surface area contributed by atoms with Crippen LogP contribution in [0, 0.1) is 0 Å². The van der Waals surface area contributed by atoms with Crippen LogP contribution in [0.4, 0.5) is 0 Å². The molecular weight excluding hydrogens is 210 g/mol. The Labute approximate surface area is 95.4 Å². The van der Waals surface area contributed by atoms with Crippen molar-refractivity contribution >= 4 is 11.9 Å². The van der Waals surface area contributed by atoms with Gasteiger partial charge in [0.2, 0.25) is 5.91 Å². The molecule has 0 aromatic heterocycles. The van der Waals surface area contributed by atoms with Crippen molar-refractivity contribution in [1.29, 1.82) is 0 Å². The number of carbonyl (C=O) groups excluding carboxylic acids is 1. The summed E-state index contributed by atoms with van der Waals surface area (Å²) in [7, 11) is 0. The lowest BCUT2D eigenvalue weighted by molar-refractivity contribution is -0.138. The second-order valence-corrected chi connectivity index (χ2v) is 3.96. The van der Waals surface area contributed by atoms with Crippen LogP contribution in [0.3, 0.4) is 0 Å². The number of hydrogen-bond acceptors (Lipinski definition) is 3. The predicted molar refractivity (Wildman–Crippen MR) is 58.1 cm³/mol. The molecule has 1 heterocycles. The largest absolute Gasteiger partial charge is 0.481 e. The van der Waals surface area contributed by atoms with Gasteiger partial charge in [-0.05, 0) is 19.8 Å². The Morgan fingerprint density at radius 1 is 1.50 bits per heavy atom. The summed E-state index contributed by atoms with van der Waals surface area (Å²) in [5, 5.41) is 8.56. The van der Waals surface area contributed by atoms with E-state index in [9.17, 15) is 9.59 Å². The second-order valence-electron chi connectivity index (χ2n) is 3.96. The van der Waals surface area contributed by atoms with Crippen LogP contribution in [0.25, 0.3) is 0 Å². The minimum Gasteiger partial charge on any atom is -0.481 e. The first-order valence-corrected chi connectivity index (χ1v) is 5.74. The molecule has 0 radical (unpaired) electrons. The van der Waals surface area contributed by atoms with E-state index in [0.29, 0.717) is 13.0 Å². The Hall–Kier alpha value is -1.10. The molecule has 1 amide bonds. The number of carbonyl (C=O) groups is 2. The van der Waals surface area contributed by atoms with Crippen LogP contribution < -0.4 is 0 Å². The van der Waals surface area contributed by atoms with Crippen LogP contribution in [0.1, 0.15) is 32.6 Å². The molecule has 0 aliphatic carbocycles. The highest BCUT2D eigenvalue weighted by Gasteiger charge is 2.22. The van der Waals surface area contributed by atoms with Gasteiger partial charge in [0.25, 0.3) is 0 Å². The van der Waals surface area contributed by atoms with Gasteiger partial charge < -0.3 is 14.7 Å². The minimum atomic E-state index is -0.872. The van der Waals surface area contributed by atoms with E-state index in [1.807, 2.05) is 6.92 Å². The average molecular weight is 229 g/mol. The summed E-state index contributed by atoms with van der Waals surface area (Å²) in [4.78, 5) is 23.8.